The van der Waals surface area contributed by atoms with Crippen LogP contribution in [-0.2, 0) is 17.8 Å². The second-order valence-corrected chi connectivity index (χ2v) is 5.84. The summed E-state index contributed by atoms with van der Waals surface area (Å²) in [7, 11) is 0. The van der Waals surface area contributed by atoms with Crippen molar-refractivity contribution >= 4 is 21.8 Å². The zero-order chi connectivity index (χ0) is 16.1. The molecule has 1 amide bonds. The molecule has 0 aliphatic heterocycles. The van der Waals surface area contributed by atoms with Gasteiger partial charge in [0.15, 0.2) is 5.82 Å². The van der Waals surface area contributed by atoms with E-state index >= 15 is 0 Å². The first-order valence-electron chi connectivity index (χ1n) is 7.06. The van der Waals surface area contributed by atoms with E-state index in [1.165, 1.54) is 0 Å². The molecule has 0 unspecified atom stereocenters. The second kappa shape index (κ2) is 7.15. The quantitative estimate of drug-likeness (QED) is 0.746. The predicted molar refractivity (Wildman–Crippen MR) is 88.8 cm³/mol. The fourth-order valence-corrected chi connectivity index (χ4v) is 2.38. The number of rotatable bonds is 5. The van der Waals surface area contributed by atoms with Gasteiger partial charge in [0.1, 0.15) is 0 Å². The highest BCUT2D eigenvalue weighted by atomic mass is 79.9. The van der Waals surface area contributed by atoms with E-state index in [1.807, 2.05) is 54.6 Å². The molecule has 0 saturated heterocycles. The number of nitrogens with one attached hydrogen (secondary N) is 1. The Morgan fingerprint density at radius 2 is 1.83 bits per heavy atom. The van der Waals surface area contributed by atoms with Gasteiger partial charge in [0.25, 0.3) is 0 Å². The van der Waals surface area contributed by atoms with Crippen LogP contribution in [0.4, 0.5) is 0 Å². The molecule has 0 aliphatic rings. The number of hydrogen-bond donors (Lipinski definition) is 1. The molecule has 2 aromatic carbocycles. The first-order valence-corrected chi connectivity index (χ1v) is 7.85. The van der Waals surface area contributed by atoms with Crippen molar-refractivity contribution in [2.24, 2.45) is 0 Å². The van der Waals surface area contributed by atoms with Crippen molar-refractivity contribution < 1.29 is 4.79 Å². The summed E-state index contributed by atoms with van der Waals surface area (Å²) in [4.78, 5) is 12.0. The highest BCUT2D eigenvalue weighted by Gasteiger charge is 2.10. The van der Waals surface area contributed by atoms with Crippen LogP contribution >= 0.6 is 15.9 Å². The summed E-state index contributed by atoms with van der Waals surface area (Å²) < 4.78 is 2.59. The van der Waals surface area contributed by atoms with Crippen LogP contribution in [0, 0.1) is 0 Å². The number of carbonyl (C=O) groups is 1. The molecule has 0 radical (unpaired) electrons. The van der Waals surface area contributed by atoms with E-state index < -0.39 is 0 Å². The van der Waals surface area contributed by atoms with Gasteiger partial charge < -0.3 is 5.32 Å². The molecule has 1 N–H and O–H groups in total. The Kier molecular flexibility index (Phi) is 4.77. The van der Waals surface area contributed by atoms with Crippen LogP contribution in [-0.4, -0.2) is 26.1 Å². The molecular weight excluding hydrogens is 358 g/mol. The number of aromatic nitrogens is 4. The maximum Gasteiger partial charge on any atom is 0.224 e. The Balaban J connectivity index is 1.64. The Hall–Kier alpha value is -2.54. The maximum absolute atomic E-state index is 12.0. The average Bonchev–Trinajstić information content (AvgIpc) is 3.03. The summed E-state index contributed by atoms with van der Waals surface area (Å²) in [6.07, 6.45) is 0.334. The molecule has 0 spiro atoms. The average molecular weight is 372 g/mol. The minimum absolute atomic E-state index is 0.0680. The van der Waals surface area contributed by atoms with Gasteiger partial charge in [-0.15, -0.1) is 5.10 Å². The van der Waals surface area contributed by atoms with Gasteiger partial charge in [-0.3, -0.25) is 4.79 Å². The standard InChI is InChI=1S/C16H14BrN5O/c17-13-6-8-14(9-7-13)22-15(19-20-21-22)11-18-16(23)10-12-4-2-1-3-5-12/h1-9H,10-11H2,(H,18,23). The van der Waals surface area contributed by atoms with Crippen molar-refractivity contribution in [3.05, 3.63) is 70.5 Å². The van der Waals surface area contributed by atoms with Crippen LogP contribution in [0.2, 0.25) is 0 Å². The molecule has 0 saturated carbocycles. The van der Waals surface area contributed by atoms with E-state index in [0.717, 1.165) is 15.7 Å². The first kappa shape index (κ1) is 15.4. The van der Waals surface area contributed by atoms with Crippen molar-refractivity contribution in [1.82, 2.24) is 25.5 Å². The number of hydrogen-bond acceptors (Lipinski definition) is 4. The molecule has 0 fully saturated rings. The molecular formula is C16H14BrN5O. The molecule has 1 heterocycles. The molecule has 3 aromatic rings. The summed E-state index contributed by atoms with van der Waals surface area (Å²) in [5.74, 6) is 0.510. The predicted octanol–water partition coefficient (Wildman–Crippen LogP) is 2.28. The summed E-state index contributed by atoms with van der Waals surface area (Å²) >= 11 is 3.39. The van der Waals surface area contributed by atoms with E-state index in [0.29, 0.717) is 12.2 Å². The first-order chi connectivity index (χ1) is 11.2. The topological polar surface area (TPSA) is 72.7 Å². The van der Waals surface area contributed by atoms with Crippen LogP contribution in [0.15, 0.2) is 59.1 Å². The molecule has 23 heavy (non-hydrogen) atoms. The van der Waals surface area contributed by atoms with Crippen LogP contribution in [0.1, 0.15) is 11.4 Å². The van der Waals surface area contributed by atoms with E-state index in [-0.39, 0.29) is 12.5 Å². The third-order valence-electron chi connectivity index (χ3n) is 3.26. The SMILES string of the molecule is O=C(Cc1ccccc1)NCc1nnnn1-c1ccc(Br)cc1. The van der Waals surface area contributed by atoms with Crippen molar-refractivity contribution in [3.8, 4) is 5.69 Å². The lowest BCUT2D eigenvalue weighted by molar-refractivity contribution is -0.120. The molecule has 0 bridgehead atoms. The van der Waals surface area contributed by atoms with E-state index in [1.54, 1.807) is 4.68 Å². The normalized spacial score (nSPS) is 10.5. The Labute approximate surface area is 141 Å². The Morgan fingerprint density at radius 1 is 1.09 bits per heavy atom. The molecule has 1 aromatic heterocycles. The molecule has 3 rings (SSSR count). The summed E-state index contributed by atoms with van der Waals surface area (Å²) in [5, 5.41) is 14.5. The largest absolute Gasteiger partial charge is 0.348 e. The lowest BCUT2D eigenvalue weighted by atomic mass is 10.1. The van der Waals surface area contributed by atoms with Crippen molar-refractivity contribution in [3.63, 3.8) is 0 Å². The van der Waals surface area contributed by atoms with Gasteiger partial charge in [-0.25, -0.2) is 0 Å². The van der Waals surface area contributed by atoms with Crippen molar-refractivity contribution in [1.29, 1.82) is 0 Å². The zero-order valence-electron chi connectivity index (χ0n) is 12.2. The van der Waals surface area contributed by atoms with Gasteiger partial charge in [0.2, 0.25) is 5.91 Å². The number of carbonyl (C=O) groups excluding carboxylic acids is 1. The van der Waals surface area contributed by atoms with Gasteiger partial charge >= 0.3 is 0 Å². The minimum atomic E-state index is -0.0680. The molecule has 0 atom stereocenters. The van der Waals surface area contributed by atoms with Crippen LogP contribution in [0.5, 0.6) is 0 Å². The fourth-order valence-electron chi connectivity index (χ4n) is 2.12. The molecule has 0 aliphatic carbocycles. The van der Waals surface area contributed by atoms with E-state index in [4.69, 9.17) is 0 Å². The van der Waals surface area contributed by atoms with Crippen molar-refractivity contribution in [2.45, 2.75) is 13.0 Å². The third-order valence-corrected chi connectivity index (χ3v) is 3.79. The van der Waals surface area contributed by atoms with E-state index in [9.17, 15) is 4.79 Å². The molecule has 7 heteroatoms. The van der Waals surface area contributed by atoms with Gasteiger partial charge in [0.05, 0.1) is 18.7 Å². The Bertz CT molecular complexity index is 786. The van der Waals surface area contributed by atoms with E-state index in [2.05, 4.69) is 36.8 Å². The number of tetrazole rings is 1. The molecule has 6 nitrogen and oxygen atoms in total. The fraction of sp³-hybridized carbons (Fsp3) is 0.125. The number of benzene rings is 2. The zero-order valence-corrected chi connectivity index (χ0v) is 13.8. The van der Waals surface area contributed by atoms with Gasteiger partial charge in [0, 0.05) is 4.47 Å². The van der Waals surface area contributed by atoms with Gasteiger partial charge in [-0.1, -0.05) is 46.3 Å². The number of halogens is 1. The Morgan fingerprint density at radius 3 is 2.57 bits per heavy atom. The summed E-state index contributed by atoms with van der Waals surface area (Å²) in [5.41, 5.74) is 1.81. The lowest BCUT2D eigenvalue weighted by Crippen LogP contribution is -2.26. The van der Waals surface area contributed by atoms with Gasteiger partial charge in [-0.05, 0) is 40.3 Å². The number of nitrogens with zero attached hydrogens (tertiary/aromatic N) is 4. The van der Waals surface area contributed by atoms with Crippen LogP contribution < -0.4 is 5.32 Å². The smallest absolute Gasteiger partial charge is 0.224 e. The van der Waals surface area contributed by atoms with Crippen LogP contribution in [0.3, 0.4) is 0 Å². The highest BCUT2D eigenvalue weighted by Crippen LogP contribution is 2.14. The lowest BCUT2D eigenvalue weighted by Gasteiger charge is -2.06. The van der Waals surface area contributed by atoms with Gasteiger partial charge in [-0.2, -0.15) is 4.68 Å². The highest BCUT2D eigenvalue weighted by molar-refractivity contribution is 9.10. The number of amides is 1. The summed E-state index contributed by atoms with van der Waals surface area (Å²) in [6.45, 7) is 0.273. The van der Waals surface area contributed by atoms with Crippen molar-refractivity contribution in [2.75, 3.05) is 0 Å². The van der Waals surface area contributed by atoms with Crippen LogP contribution in [0.25, 0.3) is 5.69 Å². The molecule has 116 valence electrons. The minimum Gasteiger partial charge on any atom is -0.348 e. The summed E-state index contributed by atoms with van der Waals surface area (Å²) in [6, 6.07) is 17.2. The monoisotopic (exact) mass is 371 g/mol. The third kappa shape index (κ3) is 4.01. The maximum atomic E-state index is 12.0. The second-order valence-electron chi connectivity index (χ2n) is 4.92.